The number of hydrogen-bond donors (Lipinski definition) is 0. The van der Waals surface area contributed by atoms with Gasteiger partial charge in [-0.2, -0.15) is 0 Å². The number of ether oxygens (including phenoxy) is 4. The average Bonchev–Trinajstić information content (AvgIpc) is 3.00. The van der Waals surface area contributed by atoms with Crippen molar-refractivity contribution < 1.29 is 33.3 Å². The maximum atomic E-state index is 11.8. The Morgan fingerprint density at radius 1 is 1.11 bits per heavy atom. The van der Waals surface area contributed by atoms with Gasteiger partial charge in [-0.1, -0.05) is 19.3 Å². The summed E-state index contributed by atoms with van der Waals surface area (Å²) < 4.78 is 21.9. The minimum Gasteiger partial charge on any atom is -0.469 e. The van der Waals surface area contributed by atoms with Crippen LogP contribution in [-0.2, 0) is 33.3 Å². The minimum atomic E-state index is -0.327. The molecule has 7 nitrogen and oxygen atoms in total. The van der Waals surface area contributed by atoms with Crippen molar-refractivity contribution >= 4 is 18.2 Å². The van der Waals surface area contributed by atoms with Gasteiger partial charge >= 0.3 is 11.9 Å². The van der Waals surface area contributed by atoms with E-state index in [0.29, 0.717) is 19.4 Å². The third-order valence-corrected chi connectivity index (χ3v) is 5.70. The number of carbonyl (C=O) groups excluding carboxylic acids is 3. The number of unbranched alkanes of at least 4 members (excludes halogenated alkanes) is 3. The molecule has 160 valence electrons. The van der Waals surface area contributed by atoms with E-state index >= 15 is 0 Å². The number of methoxy groups -OCH3 is 1. The molecule has 0 amide bonds. The lowest BCUT2D eigenvalue weighted by Crippen LogP contribution is -2.32. The predicted molar refractivity (Wildman–Crippen MR) is 101 cm³/mol. The van der Waals surface area contributed by atoms with Crippen LogP contribution in [0.4, 0.5) is 0 Å². The van der Waals surface area contributed by atoms with Gasteiger partial charge in [0.2, 0.25) is 0 Å². The van der Waals surface area contributed by atoms with Crippen LogP contribution in [0.2, 0.25) is 0 Å². The molecule has 1 saturated carbocycles. The van der Waals surface area contributed by atoms with Gasteiger partial charge in [-0.15, -0.1) is 0 Å². The third-order valence-electron chi connectivity index (χ3n) is 5.70. The van der Waals surface area contributed by atoms with Crippen molar-refractivity contribution in [1.29, 1.82) is 0 Å². The lowest BCUT2D eigenvalue weighted by atomic mass is 9.89. The Morgan fingerprint density at radius 3 is 2.54 bits per heavy atom. The van der Waals surface area contributed by atoms with Crippen LogP contribution in [0.25, 0.3) is 0 Å². The summed E-state index contributed by atoms with van der Waals surface area (Å²) in [4.78, 5) is 34.5. The molecule has 1 aliphatic heterocycles. The second-order valence-electron chi connectivity index (χ2n) is 7.76. The topological polar surface area (TPSA) is 88.1 Å². The second kappa shape index (κ2) is 12.2. The fraction of sp³-hybridized carbons (Fsp3) is 0.857. The summed E-state index contributed by atoms with van der Waals surface area (Å²) >= 11 is 0. The molecule has 2 aliphatic rings. The summed E-state index contributed by atoms with van der Waals surface area (Å²) in [6.07, 6.45) is 8.44. The molecule has 0 N–H and O–H groups in total. The monoisotopic (exact) mass is 398 g/mol. The normalized spacial score (nSPS) is 30.0. The van der Waals surface area contributed by atoms with Gasteiger partial charge in [0.25, 0.3) is 0 Å². The first-order valence-corrected chi connectivity index (χ1v) is 10.5. The highest BCUT2D eigenvalue weighted by Crippen LogP contribution is 2.39. The minimum absolute atomic E-state index is 0.0319. The molecule has 7 heteroatoms. The van der Waals surface area contributed by atoms with E-state index in [9.17, 15) is 14.4 Å². The first-order valence-electron chi connectivity index (χ1n) is 10.5. The third kappa shape index (κ3) is 7.17. The Hall–Kier alpha value is -1.47. The number of rotatable bonds is 11. The van der Waals surface area contributed by atoms with Crippen LogP contribution in [0, 0.1) is 11.8 Å². The number of aldehydes is 1. The highest BCUT2D eigenvalue weighted by Gasteiger charge is 2.46. The van der Waals surface area contributed by atoms with E-state index < -0.39 is 0 Å². The van der Waals surface area contributed by atoms with E-state index in [1.165, 1.54) is 14.0 Å². The number of carbonyl (C=O) groups is 3. The fourth-order valence-corrected chi connectivity index (χ4v) is 4.26. The first kappa shape index (κ1) is 22.8. The molecule has 1 saturated heterocycles. The molecule has 2 fully saturated rings. The number of hydrogen-bond acceptors (Lipinski definition) is 7. The van der Waals surface area contributed by atoms with E-state index in [1.54, 1.807) is 0 Å². The smallest absolute Gasteiger partial charge is 0.305 e. The van der Waals surface area contributed by atoms with Gasteiger partial charge in [-0.05, 0) is 32.1 Å². The quantitative estimate of drug-likeness (QED) is 0.300. The van der Waals surface area contributed by atoms with Crippen LogP contribution in [0.3, 0.4) is 0 Å². The van der Waals surface area contributed by atoms with E-state index in [-0.39, 0.29) is 42.3 Å². The van der Waals surface area contributed by atoms with E-state index in [2.05, 4.69) is 4.74 Å². The summed E-state index contributed by atoms with van der Waals surface area (Å²) in [5.41, 5.74) is 0. The Labute approximate surface area is 167 Å². The predicted octanol–water partition coefficient (Wildman–Crippen LogP) is 3.18. The molecular weight excluding hydrogens is 364 g/mol. The van der Waals surface area contributed by atoms with Gasteiger partial charge in [0.1, 0.15) is 12.4 Å². The molecule has 0 spiro atoms. The summed E-state index contributed by atoms with van der Waals surface area (Å²) in [5.74, 6) is -0.829. The highest BCUT2D eigenvalue weighted by atomic mass is 16.7. The molecular formula is C21H34O7. The second-order valence-corrected chi connectivity index (χ2v) is 7.76. The number of esters is 2. The molecule has 1 aliphatic carbocycles. The van der Waals surface area contributed by atoms with Crippen LogP contribution in [0.1, 0.15) is 71.1 Å². The standard InChI is InChI=1S/C21H34O7/c1-15(23)27-18-13-19(28-21-11-7-8-12-26-21)17(14-22)16(18)9-5-3-4-6-10-20(24)25-2/h14,16-19,21H,3-13H2,1-2H3/t16?,17?,18-,19+,21?/m0/s1. The largest absolute Gasteiger partial charge is 0.469 e. The molecule has 0 aromatic carbocycles. The van der Waals surface area contributed by atoms with Gasteiger partial charge in [0, 0.05) is 38.2 Å². The summed E-state index contributed by atoms with van der Waals surface area (Å²) in [6, 6.07) is 0. The SMILES string of the molecule is COC(=O)CCCCCCC1C(C=O)[C@H](OC2CCCCO2)C[C@@H]1OC(C)=O. The lowest BCUT2D eigenvalue weighted by molar-refractivity contribution is -0.195. The van der Waals surface area contributed by atoms with Gasteiger partial charge in [-0.25, -0.2) is 0 Å². The summed E-state index contributed by atoms with van der Waals surface area (Å²) in [7, 11) is 1.40. The Kier molecular flexibility index (Phi) is 9.92. The van der Waals surface area contributed by atoms with Crippen LogP contribution in [0.15, 0.2) is 0 Å². The van der Waals surface area contributed by atoms with Gasteiger partial charge in [0.05, 0.1) is 13.2 Å². The van der Waals surface area contributed by atoms with E-state index in [0.717, 1.165) is 57.7 Å². The zero-order chi connectivity index (χ0) is 20.4. The summed E-state index contributed by atoms with van der Waals surface area (Å²) in [6.45, 7) is 2.09. The first-order chi connectivity index (χ1) is 13.5. The van der Waals surface area contributed by atoms with Crippen molar-refractivity contribution in [3.05, 3.63) is 0 Å². The fourth-order valence-electron chi connectivity index (χ4n) is 4.26. The lowest BCUT2D eigenvalue weighted by Gasteiger charge is -2.28. The Bertz CT molecular complexity index is 501. The highest BCUT2D eigenvalue weighted by molar-refractivity contribution is 5.69. The maximum Gasteiger partial charge on any atom is 0.305 e. The van der Waals surface area contributed by atoms with Crippen LogP contribution < -0.4 is 0 Å². The molecule has 2 rings (SSSR count). The molecule has 3 unspecified atom stereocenters. The molecule has 0 aromatic heterocycles. The molecule has 0 bridgehead atoms. The Morgan fingerprint density at radius 2 is 1.89 bits per heavy atom. The molecule has 0 aromatic rings. The molecule has 28 heavy (non-hydrogen) atoms. The zero-order valence-electron chi connectivity index (χ0n) is 17.1. The van der Waals surface area contributed by atoms with Crippen LogP contribution >= 0.6 is 0 Å². The van der Waals surface area contributed by atoms with E-state index in [1.807, 2.05) is 0 Å². The van der Waals surface area contributed by atoms with Crippen molar-refractivity contribution in [3.8, 4) is 0 Å². The van der Waals surface area contributed by atoms with Crippen LogP contribution in [-0.4, -0.2) is 50.4 Å². The molecule has 0 radical (unpaired) electrons. The van der Waals surface area contributed by atoms with Gasteiger partial charge in [0.15, 0.2) is 6.29 Å². The van der Waals surface area contributed by atoms with Gasteiger partial charge < -0.3 is 23.7 Å². The average molecular weight is 398 g/mol. The van der Waals surface area contributed by atoms with Crippen molar-refractivity contribution in [2.75, 3.05) is 13.7 Å². The zero-order valence-corrected chi connectivity index (χ0v) is 17.1. The van der Waals surface area contributed by atoms with Crippen molar-refractivity contribution in [2.45, 2.75) is 89.6 Å². The Balaban J connectivity index is 1.85. The molecule has 1 heterocycles. The summed E-state index contributed by atoms with van der Waals surface area (Å²) in [5, 5.41) is 0. The van der Waals surface area contributed by atoms with Crippen molar-refractivity contribution in [2.24, 2.45) is 11.8 Å². The van der Waals surface area contributed by atoms with Crippen molar-refractivity contribution in [3.63, 3.8) is 0 Å². The van der Waals surface area contributed by atoms with E-state index in [4.69, 9.17) is 14.2 Å². The maximum absolute atomic E-state index is 11.8. The van der Waals surface area contributed by atoms with Crippen molar-refractivity contribution in [1.82, 2.24) is 0 Å². The van der Waals surface area contributed by atoms with Crippen LogP contribution in [0.5, 0.6) is 0 Å². The van der Waals surface area contributed by atoms with Gasteiger partial charge in [-0.3, -0.25) is 9.59 Å². The molecule has 5 atom stereocenters.